The van der Waals surface area contributed by atoms with Gasteiger partial charge in [0.1, 0.15) is 0 Å². The summed E-state index contributed by atoms with van der Waals surface area (Å²) < 4.78 is 0. The average molecular weight is 274 g/mol. The van der Waals surface area contributed by atoms with Gasteiger partial charge in [0.2, 0.25) is 0 Å². The highest BCUT2D eigenvalue weighted by Gasteiger charge is 2.26. The highest BCUT2D eigenvalue weighted by molar-refractivity contribution is 7.99. The first kappa shape index (κ1) is 13.1. The lowest BCUT2D eigenvalue weighted by atomic mass is 10.1. The van der Waals surface area contributed by atoms with Crippen molar-refractivity contribution in [3.05, 3.63) is 36.0 Å². The largest absolute Gasteiger partial charge is 0.361 e. The van der Waals surface area contributed by atoms with Crippen molar-refractivity contribution in [2.75, 3.05) is 5.75 Å². The van der Waals surface area contributed by atoms with Crippen molar-refractivity contribution in [2.45, 2.75) is 44.0 Å². The number of H-pyrrole nitrogens is 1. The van der Waals surface area contributed by atoms with E-state index in [0.29, 0.717) is 6.04 Å². The molecule has 1 saturated carbocycles. The summed E-state index contributed by atoms with van der Waals surface area (Å²) in [6, 6.07) is 9.24. The Bertz CT molecular complexity index is 534. The topological polar surface area (TPSA) is 27.8 Å². The third-order valence-electron chi connectivity index (χ3n) is 4.06. The minimum absolute atomic E-state index is 0.693. The molecule has 0 spiro atoms. The van der Waals surface area contributed by atoms with E-state index in [9.17, 15) is 0 Å². The molecule has 0 amide bonds. The van der Waals surface area contributed by atoms with E-state index < -0.39 is 0 Å². The molecule has 1 aliphatic rings. The molecule has 2 aromatic rings. The lowest BCUT2D eigenvalue weighted by Crippen LogP contribution is -2.33. The molecular weight excluding hydrogens is 252 g/mol. The van der Waals surface area contributed by atoms with Crippen molar-refractivity contribution in [3.8, 4) is 0 Å². The normalized spacial score (nSPS) is 23.2. The number of hydrogen-bond donors (Lipinski definition) is 2. The summed E-state index contributed by atoms with van der Waals surface area (Å²) in [4.78, 5) is 3.35. The molecule has 2 N–H and O–H groups in total. The maximum absolute atomic E-state index is 3.77. The smallest absolute Gasteiger partial charge is 0.0457 e. The molecule has 1 aromatic carbocycles. The van der Waals surface area contributed by atoms with Gasteiger partial charge in [-0.25, -0.2) is 0 Å². The highest BCUT2D eigenvalue weighted by atomic mass is 32.2. The van der Waals surface area contributed by atoms with E-state index in [-0.39, 0.29) is 0 Å². The fraction of sp³-hybridized carbons (Fsp3) is 0.500. The van der Waals surface area contributed by atoms with Gasteiger partial charge < -0.3 is 10.3 Å². The van der Waals surface area contributed by atoms with Crippen LogP contribution in [0.15, 0.2) is 30.5 Å². The molecule has 19 heavy (non-hydrogen) atoms. The van der Waals surface area contributed by atoms with Gasteiger partial charge in [-0.3, -0.25) is 0 Å². The molecule has 1 heterocycles. The molecular formula is C16H22N2S. The van der Waals surface area contributed by atoms with E-state index in [0.717, 1.165) is 11.8 Å². The summed E-state index contributed by atoms with van der Waals surface area (Å²) in [6.07, 6.45) is 6.24. The van der Waals surface area contributed by atoms with Crippen LogP contribution in [0.2, 0.25) is 0 Å². The maximum atomic E-state index is 3.77. The Hall–Kier alpha value is -0.930. The van der Waals surface area contributed by atoms with Gasteiger partial charge in [0.05, 0.1) is 0 Å². The number of thioether (sulfide) groups is 1. The first-order chi connectivity index (χ1) is 9.38. The molecule has 0 aliphatic heterocycles. The van der Waals surface area contributed by atoms with Crippen molar-refractivity contribution >= 4 is 22.7 Å². The molecule has 2 unspecified atom stereocenters. The molecule has 3 heteroatoms. The molecule has 2 atom stereocenters. The Kier molecular flexibility index (Phi) is 4.14. The van der Waals surface area contributed by atoms with Crippen LogP contribution in [0.3, 0.4) is 0 Å². The minimum Gasteiger partial charge on any atom is -0.361 e. The Balaban J connectivity index is 1.65. The number of aromatic nitrogens is 1. The van der Waals surface area contributed by atoms with Gasteiger partial charge >= 0.3 is 0 Å². The number of aromatic amines is 1. The Morgan fingerprint density at radius 2 is 2.21 bits per heavy atom. The van der Waals surface area contributed by atoms with E-state index in [4.69, 9.17) is 0 Å². The Labute approximate surface area is 119 Å². The second-order valence-electron chi connectivity index (χ2n) is 5.27. The fourth-order valence-corrected chi connectivity index (χ4v) is 4.32. The Morgan fingerprint density at radius 1 is 1.32 bits per heavy atom. The van der Waals surface area contributed by atoms with Gasteiger partial charge in [0.15, 0.2) is 0 Å². The van der Waals surface area contributed by atoms with Crippen LogP contribution in [0.1, 0.15) is 31.7 Å². The van der Waals surface area contributed by atoms with Crippen LogP contribution in [0.4, 0.5) is 0 Å². The first-order valence-corrected chi connectivity index (χ1v) is 8.33. The Morgan fingerprint density at radius 3 is 3.11 bits per heavy atom. The molecule has 1 aromatic heterocycles. The van der Waals surface area contributed by atoms with Crippen molar-refractivity contribution < 1.29 is 0 Å². The molecule has 102 valence electrons. The van der Waals surface area contributed by atoms with Crippen LogP contribution in [0, 0.1) is 0 Å². The fourth-order valence-electron chi connectivity index (χ4n) is 3.09. The SMILES string of the molecule is CCSC1CCCC1NCc1c[nH]c2ccccc12. The van der Waals surface area contributed by atoms with Gasteiger partial charge in [-0.1, -0.05) is 31.5 Å². The lowest BCUT2D eigenvalue weighted by molar-refractivity contribution is 0.533. The van der Waals surface area contributed by atoms with Gasteiger partial charge in [-0.05, 0) is 30.2 Å². The highest BCUT2D eigenvalue weighted by Crippen LogP contribution is 2.30. The zero-order valence-corrected chi connectivity index (χ0v) is 12.3. The summed E-state index contributed by atoms with van der Waals surface area (Å²) in [5.41, 5.74) is 2.63. The molecule has 3 rings (SSSR count). The van der Waals surface area contributed by atoms with E-state index in [2.05, 4.69) is 59.4 Å². The van der Waals surface area contributed by atoms with Crippen LogP contribution >= 0.6 is 11.8 Å². The predicted octanol–water partition coefficient (Wildman–Crippen LogP) is 3.93. The third kappa shape index (κ3) is 2.82. The number of nitrogens with one attached hydrogen (secondary N) is 2. The van der Waals surface area contributed by atoms with E-state index >= 15 is 0 Å². The summed E-state index contributed by atoms with van der Waals surface area (Å²) in [7, 11) is 0. The third-order valence-corrected chi connectivity index (χ3v) is 5.39. The average Bonchev–Trinajstić information content (AvgIpc) is 3.04. The van der Waals surface area contributed by atoms with E-state index in [1.54, 1.807) is 0 Å². The van der Waals surface area contributed by atoms with E-state index in [1.807, 2.05) is 0 Å². The maximum Gasteiger partial charge on any atom is 0.0457 e. The first-order valence-electron chi connectivity index (χ1n) is 7.28. The second kappa shape index (κ2) is 6.02. The van der Waals surface area contributed by atoms with Crippen LogP contribution in [0.25, 0.3) is 10.9 Å². The van der Waals surface area contributed by atoms with E-state index in [1.165, 1.54) is 41.5 Å². The molecule has 1 fully saturated rings. The van der Waals surface area contributed by atoms with Gasteiger partial charge in [-0.2, -0.15) is 11.8 Å². The standard InChI is InChI=1S/C16H22N2S/c1-2-19-16-9-5-8-15(16)18-11-12-10-17-14-7-4-3-6-13(12)14/h3-4,6-7,10,15-18H,2,5,8-9,11H2,1H3. The molecule has 0 saturated heterocycles. The number of para-hydroxylation sites is 1. The van der Waals surface area contributed by atoms with Crippen LogP contribution in [-0.4, -0.2) is 22.0 Å². The molecule has 1 aliphatic carbocycles. The van der Waals surface area contributed by atoms with Gasteiger partial charge in [-0.15, -0.1) is 0 Å². The number of hydrogen-bond acceptors (Lipinski definition) is 2. The van der Waals surface area contributed by atoms with Crippen LogP contribution < -0.4 is 5.32 Å². The summed E-state index contributed by atoms with van der Waals surface area (Å²) >= 11 is 2.12. The van der Waals surface area contributed by atoms with Crippen molar-refractivity contribution in [1.29, 1.82) is 0 Å². The number of benzene rings is 1. The van der Waals surface area contributed by atoms with Crippen LogP contribution in [0.5, 0.6) is 0 Å². The summed E-state index contributed by atoms with van der Waals surface area (Å²) in [5.74, 6) is 1.23. The zero-order valence-electron chi connectivity index (χ0n) is 11.5. The predicted molar refractivity (Wildman–Crippen MR) is 84.7 cm³/mol. The summed E-state index contributed by atoms with van der Waals surface area (Å²) in [6.45, 7) is 3.25. The van der Waals surface area contributed by atoms with Gasteiger partial charge in [0, 0.05) is 34.9 Å². The lowest BCUT2D eigenvalue weighted by Gasteiger charge is -2.20. The minimum atomic E-state index is 0.693. The van der Waals surface area contributed by atoms with Crippen molar-refractivity contribution in [2.24, 2.45) is 0 Å². The molecule has 0 radical (unpaired) electrons. The zero-order chi connectivity index (χ0) is 13.1. The monoisotopic (exact) mass is 274 g/mol. The number of rotatable bonds is 5. The van der Waals surface area contributed by atoms with Crippen LogP contribution in [-0.2, 0) is 6.54 Å². The number of fused-ring (bicyclic) bond motifs is 1. The summed E-state index contributed by atoms with van der Waals surface area (Å²) in [5, 5.41) is 5.94. The second-order valence-corrected chi connectivity index (χ2v) is 6.79. The molecule has 2 nitrogen and oxygen atoms in total. The van der Waals surface area contributed by atoms with Crippen molar-refractivity contribution in [1.82, 2.24) is 10.3 Å². The van der Waals surface area contributed by atoms with Gasteiger partial charge in [0.25, 0.3) is 0 Å². The quantitative estimate of drug-likeness (QED) is 0.864. The van der Waals surface area contributed by atoms with Crippen molar-refractivity contribution in [3.63, 3.8) is 0 Å². The molecule has 0 bridgehead atoms.